The van der Waals surface area contributed by atoms with Gasteiger partial charge in [0, 0.05) is 10.8 Å². The lowest BCUT2D eigenvalue weighted by Gasteiger charge is -2.19. The van der Waals surface area contributed by atoms with E-state index >= 15 is 0 Å². The Bertz CT molecular complexity index is 966. The normalized spacial score (nSPS) is 11.0. The Morgan fingerprint density at radius 3 is 1.62 bits per heavy atom. The minimum absolute atomic E-state index is 0.655. The molecular formula is C23H19O2P. The minimum Gasteiger partial charge on any atom is -0.438 e. The van der Waals surface area contributed by atoms with Crippen molar-refractivity contribution in [3.05, 3.63) is 97.6 Å². The summed E-state index contributed by atoms with van der Waals surface area (Å²) in [6.07, 6.45) is 2.50. The molecule has 3 heteroatoms. The molecule has 0 N–H and O–H groups in total. The molecule has 0 unspecified atom stereocenters. The molecule has 0 radical (unpaired) electrons. The molecule has 0 aliphatic carbocycles. The molecule has 0 aliphatic rings. The number of rotatable bonds is 6. The molecule has 0 spiro atoms. The molecule has 0 amide bonds. The molecule has 4 aromatic carbocycles. The summed E-state index contributed by atoms with van der Waals surface area (Å²) >= 11 is 0. The first-order valence-electron chi connectivity index (χ1n) is 8.55. The standard InChI is InChI=1S/C23H19O2P/c1-2-17-26(24-22-15-7-11-18-9-3-5-13-20(18)22)25-23-16-8-12-19-10-4-6-14-21(19)23/h2-16H,1,17H2. The van der Waals surface area contributed by atoms with Crippen LogP contribution in [0.15, 0.2) is 97.6 Å². The first kappa shape index (κ1) is 16.6. The highest BCUT2D eigenvalue weighted by Crippen LogP contribution is 2.44. The van der Waals surface area contributed by atoms with E-state index in [-0.39, 0.29) is 0 Å². The van der Waals surface area contributed by atoms with Crippen molar-refractivity contribution in [3.8, 4) is 11.5 Å². The van der Waals surface area contributed by atoms with Gasteiger partial charge in [-0.25, -0.2) is 0 Å². The lowest BCUT2D eigenvalue weighted by Crippen LogP contribution is -1.99. The van der Waals surface area contributed by atoms with Gasteiger partial charge in [0.15, 0.2) is 0 Å². The summed E-state index contributed by atoms with van der Waals surface area (Å²) < 4.78 is 12.6. The van der Waals surface area contributed by atoms with Crippen molar-refractivity contribution >= 4 is 29.9 Å². The van der Waals surface area contributed by atoms with Crippen molar-refractivity contribution in [1.82, 2.24) is 0 Å². The molecule has 0 heterocycles. The van der Waals surface area contributed by atoms with Gasteiger partial charge in [-0.2, -0.15) is 0 Å². The highest BCUT2D eigenvalue weighted by atomic mass is 31.2. The zero-order valence-corrected chi connectivity index (χ0v) is 15.2. The van der Waals surface area contributed by atoms with Gasteiger partial charge in [0.05, 0.1) is 6.16 Å². The summed E-state index contributed by atoms with van der Waals surface area (Å²) in [7, 11) is -1.18. The van der Waals surface area contributed by atoms with Crippen LogP contribution in [0.4, 0.5) is 0 Å². The van der Waals surface area contributed by atoms with Crippen LogP contribution in [0.2, 0.25) is 0 Å². The van der Waals surface area contributed by atoms with Gasteiger partial charge in [-0.3, -0.25) is 0 Å². The van der Waals surface area contributed by atoms with Crippen molar-refractivity contribution in [2.24, 2.45) is 0 Å². The van der Waals surface area contributed by atoms with E-state index in [9.17, 15) is 0 Å². The molecule has 4 aromatic rings. The Balaban J connectivity index is 1.66. The number of benzene rings is 4. The van der Waals surface area contributed by atoms with Crippen LogP contribution < -0.4 is 9.05 Å². The predicted octanol–water partition coefficient (Wildman–Crippen LogP) is 6.95. The van der Waals surface area contributed by atoms with Crippen molar-refractivity contribution < 1.29 is 9.05 Å². The fraction of sp³-hybridized carbons (Fsp3) is 0.0435. The fourth-order valence-corrected chi connectivity index (χ4v) is 4.12. The van der Waals surface area contributed by atoms with Crippen molar-refractivity contribution in [2.45, 2.75) is 0 Å². The number of fused-ring (bicyclic) bond motifs is 2. The SMILES string of the molecule is C=CCP(Oc1cccc2ccccc12)Oc1cccc2ccccc12. The van der Waals surface area contributed by atoms with Gasteiger partial charge < -0.3 is 9.05 Å². The molecule has 0 saturated heterocycles. The molecule has 0 atom stereocenters. The van der Waals surface area contributed by atoms with E-state index in [0.717, 1.165) is 33.0 Å². The van der Waals surface area contributed by atoms with E-state index in [2.05, 4.69) is 43.0 Å². The van der Waals surface area contributed by atoms with Crippen molar-refractivity contribution in [1.29, 1.82) is 0 Å². The second-order valence-electron chi connectivity index (χ2n) is 5.94. The maximum Gasteiger partial charge on any atom is 0.294 e. The van der Waals surface area contributed by atoms with E-state index < -0.39 is 8.38 Å². The summed E-state index contributed by atoms with van der Waals surface area (Å²) in [5.74, 6) is 1.69. The van der Waals surface area contributed by atoms with Gasteiger partial charge >= 0.3 is 0 Å². The second kappa shape index (κ2) is 7.59. The third-order valence-electron chi connectivity index (χ3n) is 4.18. The molecule has 4 rings (SSSR count). The molecule has 2 nitrogen and oxygen atoms in total. The summed E-state index contributed by atoms with van der Waals surface area (Å²) in [5.41, 5.74) is 0. The highest BCUT2D eigenvalue weighted by molar-refractivity contribution is 7.48. The zero-order valence-electron chi connectivity index (χ0n) is 14.3. The first-order chi connectivity index (χ1) is 12.8. The molecule has 0 aromatic heterocycles. The number of hydrogen-bond donors (Lipinski definition) is 0. The topological polar surface area (TPSA) is 18.5 Å². The van der Waals surface area contributed by atoms with Gasteiger partial charge in [-0.1, -0.05) is 78.9 Å². The van der Waals surface area contributed by atoms with Crippen LogP contribution in [0.3, 0.4) is 0 Å². The Morgan fingerprint density at radius 2 is 1.12 bits per heavy atom. The Hall–Kier alpha value is -2.83. The van der Waals surface area contributed by atoms with E-state index in [0.29, 0.717) is 6.16 Å². The van der Waals surface area contributed by atoms with E-state index in [1.165, 1.54) is 0 Å². The Kier molecular flexibility index (Phi) is 4.86. The van der Waals surface area contributed by atoms with Crippen LogP contribution in [0.5, 0.6) is 11.5 Å². The van der Waals surface area contributed by atoms with E-state index in [1.54, 1.807) is 0 Å². The molecule has 26 heavy (non-hydrogen) atoms. The molecule has 0 fully saturated rings. The smallest absolute Gasteiger partial charge is 0.294 e. The van der Waals surface area contributed by atoms with E-state index in [1.807, 2.05) is 54.6 Å². The van der Waals surface area contributed by atoms with Crippen LogP contribution in [-0.4, -0.2) is 6.16 Å². The third kappa shape index (κ3) is 3.42. The minimum atomic E-state index is -1.18. The van der Waals surface area contributed by atoms with E-state index in [4.69, 9.17) is 9.05 Å². The monoisotopic (exact) mass is 358 g/mol. The summed E-state index contributed by atoms with van der Waals surface area (Å²) in [6.45, 7) is 3.86. The quantitative estimate of drug-likeness (QED) is 0.274. The predicted molar refractivity (Wildman–Crippen MR) is 111 cm³/mol. The zero-order chi connectivity index (χ0) is 17.8. The molecular weight excluding hydrogens is 339 g/mol. The van der Waals surface area contributed by atoms with Gasteiger partial charge in [-0.15, -0.1) is 6.58 Å². The van der Waals surface area contributed by atoms with Crippen LogP contribution in [0, 0.1) is 0 Å². The van der Waals surface area contributed by atoms with Crippen LogP contribution in [-0.2, 0) is 0 Å². The lowest BCUT2D eigenvalue weighted by atomic mass is 10.1. The number of hydrogen-bond acceptors (Lipinski definition) is 2. The third-order valence-corrected chi connectivity index (χ3v) is 5.53. The molecule has 0 aliphatic heterocycles. The largest absolute Gasteiger partial charge is 0.438 e. The fourth-order valence-electron chi connectivity index (χ4n) is 2.97. The van der Waals surface area contributed by atoms with Gasteiger partial charge in [0.1, 0.15) is 11.5 Å². The summed E-state index contributed by atoms with van der Waals surface area (Å²) in [4.78, 5) is 0. The summed E-state index contributed by atoms with van der Waals surface area (Å²) in [6, 6.07) is 28.6. The lowest BCUT2D eigenvalue weighted by molar-refractivity contribution is 0.499. The maximum atomic E-state index is 6.29. The average molecular weight is 358 g/mol. The Morgan fingerprint density at radius 1 is 0.654 bits per heavy atom. The molecule has 128 valence electrons. The maximum absolute atomic E-state index is 6.29. The van der Waals surface area contributed by atoms with Gasteiger partial charge in [0.25, 0.3) is 8.38 Å². The van der Waals surface area contributed by atoms with Gasteiger partial charge in [-0.05, 0) is 22.9 Å². The first-order valence-corrected chi connectivity index (χ1v) is 9.91. The van der Waals surface area contributed by atoms with Gasteiger partial charge in [0.2, 0.25) is 0 Å². The average Bonchev–Trinajstić information content (AvgIpc) is 2.69. The molecule has 0 bridgehead atoms. The number of allylic oxidation sites excluding steroid dienone is 1. The van der Waals surface area contributed by atoms with Crippen LogP contribution in [0.25, 0.3) is 21.5 Å². The summed E-state index contributed by atoms with van der Waals surface area (Å²) in [5, 5.41) is 4.49. The molecule has 0 saturated carbocycles. The Labute approximate surface area is 154 Å². The van der Waals surface area contributed by atoms with Crippen molar-refractivity contribution in [3.63, 3.8) is 0 Å². The van der Waals surface area contributed by atoms with Crippen molar-refractivity contribution in [2.75, 3.05) is 6.16 Å². The second-order valence-corrected chi connectivity index (χ2v) is 7.34. The van der Waals surface area contributed by atoms with Crippen LogP contribution in [0.1, 0.15) is 0 Å². The highest BCUT2D eigenvalue weighted by Gasteiger charge is 2.16. The van der Waals surface area contributed by atoms with Crippen LogP contribution >= 0.6 is 8.38 Å².